The average molecular weight is 521 g/mol. The molecule has 0 atom stereocenters. The Labute approximate surface area is 224 Å². The Kier molecular flexibility index (Phi) is 10.8. The van der Waals surface area contributed by atoms with Crippen LogP contribution in [0.5, 0.6) is 23.0 Å². The van der Waals surface area contributed by atoms with E-state index in [0.717, 1.165) is 19.3 Å². The largest absolute Gasteiger partial charge is 0.497 e. The van der Waals surface area contributed by atoms with Gasteiger partial charge in [-0.25, -0.2) is 0 Å². The minimum Gasteiger partial charge on any atom is -0.497 e. The monoisotopic (exact) mass is 520 g/mol. The number of methoxy groups -OCH3 is 3. The molecule has 0 bridgehead atoms. The second-order valence-electron chi connectivity index (χ2n) is 8.66. The summed E-state index contributed by atoms with van der Waals surface area (Å²) in [5, 5.41) is 5.83. The molecular formula is C30H36N2O6. The first-order chi connectivity index (χ1) is 18.5. The number of benzene rings is 3. The van der Waals surface area contributed by atoms with Gasteiger partial charge in [-0.15, -0.1) is 0 Å². The van der Waals surface area contributed by atoms with Gasteiger partial charge in [-0.3, -0.25) is 9.59 Å². The van der Waals surface area contributed by atoms with Crippen LogP contribution < -0.4 is 29.6 Å². The molecule has 38 heavy (non-hydrogen) atoms. The lowest BCUT2D eigenvalue weighted by Crippen LogP contribution is -2.41. The Hall–Kier alpha value is -4.20. The van der Waals surface area contributed by atoms with Crippen LogP contribution in [0.15, 0.2) is 66.7 Å². The number of rotatable bonds is 14. The van der Waals surface area contributed by atoms with Crippen LogP contribution in [0.2, 0.25) is 0 Å². The molecule has 0 heterocycles. The highest BCUT2D eigenvalue weighted by Gasteiger charge is 2.21. The molecule has 0 spiro atoms. The van der Waals surface area contributed by atoms with Gasteiger partial charge >= 0.3 is 0 Å². The number of hydrogen-bond donors (Lipinski definition) is 2. The fraction of sp³-hybridized carbons (Fsp3) is 0.333. The van der Waals surface area contributed by atoms with E-state index in [0.29, 0.717) is 46.3 Å². The predicted molar refractivity (Wildman–Crippen MR) is 146 cm³/mol. The number of hydrogen-bond acceptors (Lipinski definition) is 6. The van der Waals surface area contributed by atoms with E-state index >= 15 is 0 Å². The van der Waals surface area contributed by atoms with Crippen molar-refractivity contribution in [2.45, 2.75) is 38.8 Å². The van der Waals surface area contributed by atoms with Gasteiger partial charge in [-0.05, 0) is 60.5 Å². The first-order valence-corrected chi connectivity index (χ1v) is 12.7. The summed E-state index contributed by atoms with van der Waals surface area (Å²) in [6.07, 6.45) is 3.52. The molecule has 0 saturated carbocycles. The van der Waals surface area contributed by atoms with E-state index in [4.69, 9.17) is 18.9 Å². The van der Waals surface area contributed by atoms with E-state index in [1.807, 2.05) is 0 Å². The summed E-state index contributed by atoms with van der Waals surface area (Å²) in [5.74, 6) is 1.46. The van der Waals surface area contributed by atoms with Crippen LogP contribution in [0.25, 0.3) is 0 Å². The maximum Gasteiger partial charge on any atom is 0.253 e. The average Bonchev–Trinajstić information content (AvgIpc) is 2.96. The standard InChI is InChI=1S/C30H36N2O6/c1-5-6-7-8-17-38-26-16-15-21(20-27(26)37-4)28(31-29(33)22-11-9-13-24(18-22)35-2)32-30(34)23-12-10-14-25(19-23)36-3/h9-16,18-20,28H,5-8,17H2,1-4H3,(H,31,33)(H,32,34). The predicted octanol–water partition coefficient (Wildman–Crippen LogP) is 5.53. The maximum absolute atomic E-state index is 13.2. The summed E-state index contributed by atoms with van der Waals surface area (Å²) in [5.41, 5.74) is 1.40. The van der Waals surface area contributed by atoms with Gasteiger partial charge in [0.15, 0.2) is 11.5 Å². The van der Waals surface area contributed by atoms with E-state index in [1.54, 1.807) is 73.8 Å². The topological polar surface area (TPSA) is 95.1 Å². The van der Waals surface area contributed by atoms with Gasteiger partial charge in [-0.2, -0.15) is 0 Å². The van der Waals surface area contributed by atoms with Gasteiger partial charge in [0.2, 0.25) is 0 Å². The van der Waals surface area contributed by atoms with E-state index < -0.39 is 6.17 Å². The van der Waals surface area contributed by atoms with E-state index in [2.05, 4.69) is 17.6 Å². The third kappa shape index (κ3) is 7.90. The second-order valence-corrected chi connectivity index (χ2v) is 8.66. The lowest BCUT2D eigenvalue weighted by atomic mass is 10.1. The van der Waals surface area contributed by atoms with Crippen molar-refractivity contribution < 1.29 is 28.5 Å². The number of carbonyl (C=O) groups is 2. The van der Waals surface area contributed by atoms with Crippen LogP contribution in [0.4, 0.5) is 0 Å². The number of unbranched alkanes of at least 4 members (excludes halogenated alkanes) is 3. The molecule has 0 fully saturated rings. The first-order valence-electron chi connectivity index (χ1n) is 12.7. The highest BCUT2D eigenvalue weighted by atomic mass is 16.5. The van der Waals surface area contributed by atoms with E-state index in [-0.39, 0.29) is 11.8 Å². The van der Waals surface area contributed by atoms with Crippen LogP contribution in [0.1, 0.15) is 65.1 Å². The molecule has 0 aromatic heterocycles. The van der Waals surface area contributed by atoms with Gasteiger partial charge in [0.25, 0.3) is 11.8 Å². The van der Waals surface area contributed by atoms with Crippen LogP contribution in [-0.4, -0.2) is 39.8 Å². The number of amides is 2. The van der Waals surface area contributed by atoms with Crippen molar-refractivity contribution in [2.75, 3.05) is 27.9 Å². The molecule has 2 amide bonds. The summed E-state index contributed by atoms with van der Waals surface area (Å²) >= 11 is 0. The molecule has 8 heteroatoms. The summed E-state index contributed by atoms with van der Waals surface area (Å²) < 4.78 is 22.0. The lowest BCUT2D eigenvalue weighted by Gasteiger charge is -2.22. The summed E-state index contributed by atoms with van der Waals surface area (Å²) in [6.45, 7) is 2.75. The van der Waals surface area contributed by atoms with E-state index in [1.165, 1.54) is 20.6 Å². The highest BCUT2D eigenvalue weighted by Crippen LogP contribution is 2.30. The minimum atomic E-state index is -0.861. The van der Waals surface area contributed by atoms with Crippen LogP contribution in [0, 0.1) is 0 Å². The lowest BCUT2D eigenvalue weighted by molar-refractivity contribution is 0.0883. The molecule has 8 nitrogen and oxygen atoms in total. The Bertz CT molecular complexity index is 1150. The van der Waals surface area contributed by atoms with Crippen LogP contribution in [-0.2, 0) is 0 Å². The maximum atomic E-state index is 13.2. The zero-order valence-corrected chi connectivity index (χ0v) is 22.4. The van der Waals surface area contributed by atoms with Gasteiger partial charge in [0.1, 0.15) is 17.7 Å². The molecule has 0 aliphatic heterocycles. The van der Waals surface area contributed by atoms with Crippen molar-refractivity contribution in [3.63, 3.8) is 0 Å². The molecular weight excluding hydrogens is 484 g/mol. The molecule has 0 unspecified atom stereocenters. The van der Waals surface area contributed by atoms with Gasteiger partial charge in [0, 0.05) is 11.1 Å². The number of ether oxygens (including phenoxy) is 4. The van der Waals surface area contributed by atoms with Crippen molar-refractivity contribution in [2.24, 2.45) is 0 Å². The molecule has 0 aliphatic rings. The fourth-order valence-corrected chi connectivity index (χ4v) is 3.85. The molecule has 0 radical (unpaired) electrons. The third-order valence-electron chi connectivity index (χ3n) is 5.99. The first kappa shape index (κ1) is 28.4. The normalized spacial score (nSPS) is 10.6. The quantitative estimate of drug-likeness (QED) is 0.214. The van der Waals surface area contributed by atoms with Crippen molar-refractivity contribution in [1.82, 2.24) is 10.6 Å². The zero-order valence-electron chi connectivity index (χ0n) is 22.4. The Morgan fingerprint density at radius 3 is 1.84 bits per heavy atom. The SMILES string of the molecule is CCCCCCOc1ccc(C(NC(=O)c2cccc(OC)c2)NC(=O)c2cccc(OC)c2)cc1OC. The molecule has 202 valence electrons. The molecule has 3 aromatic carbocycles. The molecule has 0 aliphatic carbocycles. The second kappa shape index (κ2) is 14.5. The van der Waals surface area contributed by atoms with Gasteiger partial charge in [-0.1, -0.05) is 44.4 Å². The Balaban J connectivity index is 1.86. The Morgan fingerprint density at radius 1 is 0.711 bits per heavy atom. The van der Waals surface area contributed by atoms with Gasteiger partial charge in [0.05, 0.1) is 27.9 Å². The van der Waals surface area contributed by atoms with Crippen molar-refractivity contribution in [1.29, 1.82) is 0 Å². The Morgan fingerprint density at radius 2 is 1.32 bits per heavy atom. The van der Waals surface area contributed by atoms with Crippen molar-refractivity contribution in [3.8, 4) is 23.0 Å². The van der Waals surface area contributed by atoms with Gasteiger partial charge < -0.3 is 29.6 Å². The van der Waals surface area contributed by atoms with Crippen LogP contribution in [0.3, 0.4) is 0 Å². The summed E-state index contributed by atoms with van der Waals surface area (Å²) in [7, 11) is 4.63. The summed E-state index contributed by atoms with van der Waals surface area (Å²) in [6, 6.07) is 18.9. The smallest absolute Gasteiger partial charge is 0.253 e. The minimum absolute atomic E-state index is 0.380. The van der Waals surface area contributed by atoms with Crippen molar-refractivity contribution >= 4 is 11.8 Å². The zero-order chi connectivity index (χ0) is 27.3. The molecule has 2 N–H and O–H groups in total. The molecule has 3 aromatic rings. The number of carbonyl (C=O) groups excluding carboxylic acids is 2. The molecule has 0 saturated heterocycles. The van der Waals surface area contributed by atoms with E-state index in [9.17, 15) is 9.59 Å². The summed E-state index contributed by atoms with van der Waals surface area (Å²) in [4.78, 5) is 26.3. The fourth-order valence-electron chi connectivity index (χ4n) is 3.85. The van der Waals surface area contributed by atoms with Crippen LogP contribution >= 0.6 is 0 Å². The van der Waals surface area contributed by atoms with Crippen molar-refractivity contribution in [3.05, 3.63) is 83.4 Å². The number of nitrogens with one attached hydrogen (secondary N) is 2. The third-order valence-corrected chi connectivity index (χ3v) is 5.99. The molecule has 3 rings (SSSR count). The highest BCUT2D eigenvalue weighted by molar-refractivity contribution is 5.97.